The zero-order chi connectivity index (χ0) is 17.2. The fraction of sp³-hybridized carbons (Fsp3) is 0.333. The lowest BCUT2D eigenvalue weighted by Gasteiger charge is -2.07. The van der Waals surface area contributed by atoms with Crippen LogP contribution in [0.25, 0.3) is 0 Å². The summed E-state index contributed by atoms with van der Waals surface area (Å²) in [7, 11) is 0. The second-order valence-electron chi connectivity index (χ2n) is 4.95. The number of carbonyl (C=O) groups excluding carboxylic acids is 1. The summed E-state index contributed by atoms with van der Waals surface area (Å²) in [6.45, 7) is 3.23. The summed E-state index contributed by atoms with van der Waals surface area (Å²) < 4.78 is 53.4. The number of aromatic nitrogens is 2. The maximum Gasteiger partial charge on any atom is 0.435 e. The molecule has 0 unspecified atom stereocenters. The van der Waals surface area contributed by atoms with Crippen molar-refractivity contribution in [2.75, 3.05) is 6.54 Å². The quantitative estimate of drug-likeness (QED) is 0.876. The minimum Gasteiger partial charge on any atom is -0.352 e. The maximum atomic E-state index is 13.1. The van der Waals surface area contributed by atoms with Crippen LogP contribution in [0.3, 0.4) is 0 Å². The first-order valence-corrected chi connectivity index (χ1v) is 6.91. The minimum absolute atomic E-state index is 0.00853. The number of hydrogen-bond acceptors (Lipinski definition) is 2. The second-order valence-corrected chi connectivity index (χ2v) is 4.95. The highest BCUT2D eigenvalue weighted by Gasteiger charge is 2.40. The summed E-state index contributed by atoms with van der Waals surface area (Å²) in [5.74, 6) is -1.26. The third-order valence-electron chi connectivity index (χ3n) is 3.28. The molecular formula is C15H15F4N3O. The van der Waals surface area contributed by atoms with Crippen LogP contribution in [-0.2, 0) is 12.7 Å². The Morgan fingerprint density at radius 1 is 1.26 bits per heavy atom. The maximum absolute atomic E-state index is 13.1. The van der Waals surface area contributed by atoms with Crippen molar-refractivity contribution in [3.63, 3.8) is 0 Å². The number of alkyl halides is 3. The van der Waals surface area contributed by atoms with E-state index in [0.29, 0.717) is 5.56 Å². The normalized spacial score (nSPS) is 11.6. The van der Waals surface area contributed by atoms with Crippen molar-refractivity contribution < 1.29 is 22.4 Å². The number of nitrogens with one attached hydrogen (secondary N) is 1. The first kappa shape index (κ1) is 17.0. The molecule has 1 N–H and O–H groups in total. The molecule has 0 atom stereocenters. The van der Waals surface area contributed by atoms with E-state index in [4.69, 9.17) is 0 Å². The van der Waals surface area contributed by atoms with E-state index in [9.17, 15) is 22.4 Å². The van der Waals surface area contributed by atoms with Gasteiger partial charge in [-0.3, -0.25) is 9.48 Å². The Hall–Kier alpha value is -2.38. The molecule has 0 aliphatic heterocycles. The molecule has 0 spiro atoms. The van der Waals surface area contributed by atoms with Crippen molar-refractivity contribution in [1.82, 2.24) is 15.1 Å². The van der Waals surface area contributed by atoms with Gasteiger partial charge in [-0.1, -0.05) is 12.1 Å². The molecule has 0 saturated carbocycles. The lowest BCUT2D eigenvalue weighted by atomic mass is 10.1. The highest BCUT2D eigenvalue weighted by atomic mass is 19.4. The molecule has 0 radical (unpaired) electrons. The Morgan fingerprint density at radius 3 is 2.39 bits per heavy atom. The van der Waals surface area contributed by atoms with Crippen molar-refractivity contribution >= 4 is 5.91 Å². The van der Waals surface area contributed by atoms with E-state index in [0.717, 1.165) is 4.68 Å². The van der Waals surface area contributed by atoms with Gasteiger partial charge >= 0.3 is 6.18 Å². The van der Waals surface area contributed by atoms with Crippen molar-refractivity contribution in [3.05, 3.63) is 52.6 Å². The smallest absolute Gasteiger partial charge is 0.352 e. The number of halogens is 4. The molecule has 0 aliphatic carbocycles. The van der Waals surface area contributed by atoms with E-state index >= 15 is 0 Å². The Morgan fingerprint density at radius 2 is 1.87 bits per heavy atom. The molecule has 1 heterocycles. The van der Waals surface area contributed by atoms with Crippen LogP contribution in [0.2, 0.25) is 0 Å². The topological polar surface area (TPSA) is 46.9 Å². The van der Waals surface area contributed by atoms with Gasteiger partial charge in [-0.15, -0.1) is 0 Å². The summed E-state index contributed by atoms with van der Waals surface area (Å²) in [5, 5.41) is 5.90. The van der Waals surface area contributed by atoms with Crippen molar-refractivity contribution in [3.8, 4) is 0 Å². The van der Waals surface area contributed by atoms with Gasteiger partial charge in [-0.05, 0) is 31.5 Å². The van der Waals surface area contributed by atoms with Gasteiger partial charge in [0.25, 0.3) is 5.91 Å². The van der Waals surface area contributed by atoms with E-state index in [1.165, 1.54) is 31.2 Å². The fourth-order valence-electron chi connectivity index (χ4n) is 2.18. The van der Waals surface area contributed by atoms with Gasteiger partial charge in [0.2, 0.25) is 0 Å². The van der Waals surface area contributed by atoms with Crippen LogP contribution in [0.15, 0.2) is 24.3 Å². The molecular weight excluding hydrogens is 314 g/mol. The van der Waals surface area contributed by atoms with E-state index in [2.05, 4.69) is 10.4 Å². The average molecular weight is 329 g/mol. The largest absolute Gasteiger partial charge is 0.435 e. The standard InChI is InChI=1S/C15H15F4N3O/c1-3-20-14(23)12-9(2)22(21-13(12)15(17,18)19)8-10-4-6-11(16)7-5-10/h4-7H,3,8H2,1-2H3,(H,20,23). The second kappa shape index (κ2) is 6.39. The predicted molar refractivity (Wildman–Crippen MR) is 75.5 cm³/mol. The monoisotopic (exact) mass is 329 g/mol. The molecule has 1 aromatic carbocycles. The SMILES string of the molecule is CCNC(=O)c1c(C(F)(F)F)nn(Cc2ccc(F)cc2)c1C. The van der Waals surface area contributed by atoms with Crippen LogP contribution in [0, 0.1) is 12.7 Å². The number of rotatable bonds is 4. The Labute approximate surface area is 130 Å². The molecule has 2 rings (SSSR count). The molecule has 1 aromatic heterocycles. The third-order valence-corrected chi connectivity index (χ3v) is 3.28. The summed E-state index contributed by atoms with van der Waals surface area (Å²) in [6, 6.07) is 5.33. The predicted octanol–water partition coefficient (Wildman–Crippen LogP) is 3.15. The molecule has 8 heteroatoms. The van der Waals surface area contributed by atoms with Gasteiger partial charge in [0.1, 0.15) is 5.82 Å². The molecule has 23 heavy (non-hydrogen) atoms. The summed E-state index contributed by atoms with van der Waals surface area (Å²) in [5.41, 5.74) is -1.02. The Balaban J connectivity index is 2.45. The number of amides is 1. The molecule has 0 bridgehead atoms. The van der Waals surface area contributed by atoms with Gasteiger partial charge < -0.3 is 5.32 Å². The van der Waals surface area contributed by atoms with E-state index < -0.39 is 29.2 Å². The van der Waals surface area contributed by atoms with Crippen molar-refractivity contribution in [1.29, 1.82) is 0 Å². The van der Waals surface area contributed by atoms with Crippen LogP contribution in [0.5, 0.6) is 0 Å². The highest BCUT2D eigenvalue weighted by Crippen LogP contribution is 2.32. The Bertz CT molecular complexity index is 705. The van der Waals surface area contributed by atoms with Crippen molar-refractivity contribution in [2.45, 2.75) is 26.6 Å². The summed E-state index contributed by atoms with van der Waals surface area (Å²) in [4.78, 5) is 11.9. The third kappa shape index (κ3) is 3.69. The fourth-order valence-corrected chi connectivity index (χ4v) is 2.18. The summed E-state index contributed by atoms with van der Waals surface area (Å²) >= 11 is 0. The first-order valence-electron chi connectivity index (χ1n) is 6.91. The zero-order valence-corrected chi connectivity index (χ0v) is 12.5. The average Bonchev–Trinajstić information content (AvgIpc) is 2.79. The van der Waals surface area contributed by atoms with Gasteiger partial charge in [-0.25, -0.2) is 4.39 Å². The molecule has 124 valence electrons. The Kier molecular flexibility index (Phi) is 4.72. The van der Waals surface area contributed by atoms with Crippen molar-refractivity contribution in [2.24, 2.45) is 0 Å². The van der Waals surface area contributed by atoms with Crippen LogP contribution in [-0.4, -0.2) is 22.2 Å². The number of carbonyl (C=O) groups is 1. The first-order chi connectivity index (χ1) is 10.7. The van der Waals surface area contributed by atoms with Crippen LogP contribution in [0.4, 0.5) is 17.6 Å². The molecule has 2 aromatic rings. The highest BCUT2D eigenvalue weighted by molar-refractivity contribution is 5.96. The van der Waals surface area contributed by atoms with Gasteiger partial charge in [0.05, 0.1) is 12.1 Å². The van der Waals surface area contributed by atoms with Gasteiger partial charge in [0, 0.05) is 12.2 Å². The molecule has 0 aliphatic rings. The minimum atomic E-state index is -4.74. The lowest BCUT2D eigenvalue weighted by Crippen LogP contribution is -2.26. The van der Waals surface area contributed by atoms with E-state index in [-0.39, 0.29) is 18.8 Å². The van der Waals surface area contributed by atoms with Crippen LogP contribution in [0.1, 0.15) is 34.2 Å². The summed E-state index contributed by atoms with van der Waals surface area (Å²) in [6.07, 6.45) is -4.74. The van der Waals surface area contributed by atoms with Gasteiger partial charge in [-0.2, -0.15) is 18.3 Å². The van der Waals surface area contributed by atoms with Crippen LogP contribution >= 0.6 is 0 Å². The van der Waals surface area contributed by atoms with E-state index in [1.54, 1.807) is 6.92 Å². The lowest BCUT2D eigenvalue weighted by molar-refractivity contribution is -0.141. The zero-order valence-electron chi connectivity index (χ0n) is 12.5. The number of nitrogens with zero attached hydrogens (tertiary/aromatic N) is 2. The molecule has 4 nitrogen and oxygen atoms in total. The molecule has 1 amide bonds. The van der Waals surface area contributed by atoms with Gasteiger partial charge in [0.15, 0.2) is 5.69 Å². The number of hydrogen-bond donors (Lipinski definition) is 1. The number of benzene rings is 1. The molecule has 0 fully saturated rings. The van der Waals surface area contributed by atoms with Crippen LogP contribution < -0.4 is 5.32 Å². The molecule has 0 saturated heterocycles. The van der Waals surface area contributed by atoms with E-state index in [1.807, 2.05) is 0 Å².